The van der Waals surface area contributed by atoms with E-state index in [9.17, 15) is 9.18 Å². The standard InChI is InChI=1S/C13H17FN2O3/c1-9(17)16-4-5-18-13(8-16)19-12-6-11(14)3-2-10(12)7-15/h2-3,6,13H,4-5,7-8,15H2,1H3. The van der Waals surface area contributed by atoms with E-state index in [-0.39, 0.29) is 12.5 Å². The molecule has 5 nitrogen and oxygen atoms in total. The third-order valence-corrected chi connectivity index (χ3v) is 2.99. The Kier molecular flexibility index (Phi) is 4.34. The Labute approximate surface area is 111 Å². The fourth-order valence-electron chi connectivity index (χ4n) is 1.92. The van der Waals surface area contributed by atoms with Gasteiger partial charge in [-0.2, -0.15) is 0 Å². The molecule has 1 aromatic rings. The van der Waals surface area contributed by atoms with Crippen molar-refractivity contribution in [3.8, 4) is 5.75 Å². The van der Waals surface area contributed by atoms with Crippen molar-refractivity contribution in [3.63, 3.8) is 0 Å². The first-order chi connectivity index (χ1) is 9.10. The summed E-state index contributed by atoms with van der Waals surface area (Å²) in [4.78, 5) is 12.9. The summed E-state index contributed by atoms with van der Waals surface area (Å²) in [6, 6.07) is 4.19. The molecule has 0 bridgehead atoms. The highest BCUT2D eigenvalue weighted by Crippen LogP contribution is 2.22. The second-order valence-electron chi connectivity index (χ2n) is 4.34. The van der Waals surface area contributed by atoms with E-state index in [0.29, 0.717) is 31.0 Å². The molecule has 104 valence electrons. The highest BCUT2D eigenvalue weighted by atomic mass is 19.1. The van der Waals surface area contributed by atoms with E-state index in [2.05, 4.69) is 0 Å². The molecule has 0 radical (unpaired) electrons. The van der Waals surface area contributed by atoms with E-state index in [1.54, 1.807) is 11.0 Å². The van der Waals surface area contributed by atoms with Gasteiger partial charge in [0.2, 0.25) is 12.2 Å². The SMILES string of the molecule is CC(=O)N1CCOC(Oc2cc(F)ccc2CN)C1. The van der Waals surface area contributed by atoms with Crippen molar-refractivity contribution in [3.05, 3.63) is 29.6 Å². The second-order valence-corrected chi connectivity index (χ2v) is 4.34. The van der Waals surface area contributed by atoms with Gasteiger partial charge in [0.25, 0.3) is 0 Å². The first-order valence-electron chi connectivity index (χ1n) is 6.12. The molecule has 2 N–H and O–H groups in total. The lowest BCUT2D eigenvalue weighted by Crippen LogP contribution is -2.47. The fourth-order valence-corrected chi connectivity index (χ4v) is 1.92. The summed E-state index contributed by atoms with van der Waals surface area (Å²) < 4.78 is 24.2. The fraction of sp³-hybridized carbons (Fsp3) is 0.462. The molecule has 1 aliphatic rings. The molecule has 0 saturated carbocycles. The predicted octanol–water partition coefficient (Wildman–Crippen LogP) is 0.868. The highest BCUT2D eigenvalue weighted by molar-refractivity contribution is 5.73. The maximum atomic E-state index is 13.2. The Hall–Kier alpha value is -1.66. The van der Waals surface area contributed by atoms with Crippen molar-refractivity contribution in [1.82, 2.24) is 4.90 Å². The summed E-state index contributed by atoms with van der Waals surface area (Å²) in [7, 11) is 0. The summed E-state index contributed by atoms with van der Waals surface area (Å²) >= 11 is 0. The number of nitrogens with zero attached hydrogens (tertiary/aromatic N) is 1. The number of hydrogen-bond acceptors (Lipinski definition) is 4. The van der Waals surface area contributed by atoms with E-state index in [4.69, 9.17) is 15.2 Å². The molecule has 1 aliphatic heterocycles. The van der Waals surface area contributed by atoms with E-state index >= 15 is 0 Å². The number of amides is 1. The zero-order chi connectivity index (χ0) is 13.8. The summed E-state index contributed by atoms with van der Waals surface area (Å²) in [6.45, 7) is 3.02. The van der Waals surface area contributed by atoms with Gasteiger partial charge in [0.05, 0.1) is 13.2 Å². The number of ether oxygens (including phenoxy) is 2. The first kappa shape index (κ1) is 13.8. The number of hydrogen-bond donors (Lipinski definition) is 1. The Morgan fingerprint density at radius 3 is 3.11 bits per heavy atom. The molecule has 1 aromatic carbocycles. The number of rotatable bonds is 3. The van der Waals surface area contributed by atoms with Gasteiger partial charge in [0.15, 0.2) is 0 Å². The molecule has 6 heteroatoms. The third-order valence-electron chi connectivity index (χ3n) is 2.99. The lowest BCUT2D eigenvalue weighted by Gasteiger charge is -2.32. The molecule has 0 spiro atoms. The van der Waals surface area contributed by atoms with Crippen molar-refractivity contribution >= 4 is 5.91 Å². The van der Waals surface area contributed by atoms with Crippen LogP contribution in [0.25, 0.3) is 0 Å². The van der Waals surface area contributed by atoms with Gasteiger partial charge in [0, 0.05) is 31.6 Å². The van der Waals surface area contributed by atoms with Gasteiger partial charge >= 0.3 is 0 Å². The lowest BCUT2D eigenvalue weighted by atomic mass is 10.2. The Morgan fingerprint density at radius 2 is 2.42 bits per heavy atom. The average Bonchev–Trinajstić information content (AvgIpc) is 2.39. The summed E-state index contributed by atoms with van der Waals surface area (Å²) in [5.41, 5.74) is 6.27. The van der Waals surface area contributed by atoms with Crippen LogP contribution in [-0.2, 0) is 16.1 Å². The number of benzene rings is 1. The molecule has 0 aliphatic carbocycles. The monoisotopic (exact) mass is 268 g/mol. The van der Waals surface area contributed by atoms with Crippen LogP contribution < -0.4 is 10.5 Å². The summed E-state index contributed by atoms with van der Waals surface area (Å²) in [6.07, 6.45) is -0.593. The minimum Gasteiger partial charge on any atom is -0.463 e. The van der Waals surface area contributed by atoms with E-state index < -0.39 is 12.1 Å². The highest BCUT2D eigenvalue weighted by Gasteiger charge is 2.24. The van der Waals surface area contributed by atoms with Gasteiger partial charge in [-0.3, -0.25) is 4.79 Å². The second kappa shape index (κ2) is 5.99. The van der Waals surface area contributed by atoms with Gasteiger partial charge < -0.3 is 20.1 Å². The number of nitrogens with two attached hydrogens (primary N) is 1. The number of carbonyl (C=O) groups excluding carboxylic acids is 1. The first-order valence-corrected chi connectivity index (χ1v) is 6.12. The molecule has 1 heterocycles. The average molecular weight is 268 g/mol. The van der Waals surface area contributed by atoms with E-state index in [1.165, 1.54) is 19.1 Å². The molecular formula is C13H17FN2O3. The van der Waals surface area contributed by atoms with Crippen molar-refractivity contribution in [2.24, 2.45) is 5.73 Å². The van der Waals surface area contributed by atoms with Crippen LogP contribution in [0.1, 0.15) is 12.5 Å². The Morgan fingerprint density at radius 1 is 1.63 bits per heavy atom. The Bertz CT molecular complexity index is 467. The molecule has 1 unspecified atom stereocenters. The third kappa shape index (κ3) is 3.42. The molecule has 1 saturated heterocycles. The maximum absolute atomic E-state index is 13.2. The molecular weight excluding hydrogens is 251 g/mol. The minimum absolute atomic E-state index is 0.0322. The maximum Gasteiger partial charge on any atom is 0.219 e. The van der Waals surface area contributed by atoms with Crippen molar-refractivity contribution < 1.29 is 18.7 Å². The van der Waals surface area contributed by atoms with Gasteiger partial charge in [-0.25, -0.2) is 4.39 Å². The van der Waals surface area contributed by atoms with Crippen LogP contribution in [-0.4, -0.2) is 36.8 Å². The van der Waals surface area contributed by atoms with Crippen LogP contribution in [0.15, 0.2) is 18.2 Å². The van der Waals surface area contributed by atoms with E-state index in [1.807, 2.05) is 0 Å². The van der Waals surface area contributed by atoms with Gasteiger partial charge in [0.1, 0.15) is 11.6 Å². The van der Waals surface area contributed by atoms with Crippen molar-refractivity contribution in [1.29, 1.82) is 0 Å². The van der Waals surface area contributed by atoms with Crippen LogP contribution in [0.4, 0.5) is 4.39 Å². The number of halogens is 1. The van der Waals surface area contributed by atoms with Crippen LogP contribution in [0.3, 0.4) is 0 Å². The largest absolute Gasteiger partial charge is 0.463 e. The van der Waals surface area contributed by atoms with Crippen LogP contribution >= 0.6 is 0 Å². The molecule has 1 amide bonds. The summed E-state index contributed by atoms with van der Waals surface area (Å²) in [5.74, 6) is -0.0699. The van der Waals surface area contributed by atoms with Crippen LogP contribution in [0.5, 0.6) is 5.75 Å². The number of morpholine rings is 1. The molecule has 0 aromatic heterocycles. The zero-order valence-corrected chi connectivity index (χ0v) is 10.8. The number of carbonyl (C=O) groups is 1. The van der Waals surface area contributed by atoms with Gasteiger partial charge in [-0.05, 0) is 6.07 Å². The topological polar surface area (TPSA) is 64.8 Å². The summed E-state index contributed by atoms with van der Waals surface area (Å²) in [5, 5.41) is 0. The van der Waals surface area contributed by atoms with Crippen molar-refractivity contribution in [2.45, 2.75) is 19.8 Å². The van der Waals surface area contributed by atoms with Crippen LogP contribution in [0.2, 0.25) is 0 Å². The van der Waals surface area contributed by atoms with E-state index in [0.717, 1.165) is 0 Å². The molecule has 19 heavy (non-hydrogen) atoms. The lowest BCUT2D eigenvalue weighted by molar-refractivity contribution is -0.155. The molecule has 1 fully saturated rings. The molecule has 1 atom stereocenters. The Balaban J connectivity index is 2.08. The van der Waals surface area contributed by atoms with Gasteiger partial charge in [-0.1, -0.05) is 6.07 Å². The minimum atomic E-state index is -0.593. The van der Waals surface area contributed by atoms with Crippen LogP contribution in [0, 0.1) is 5.82 Å². The predicted molar refractivity (Wildman–Crippen MR) is 66.9 cm³/mol. The smallest absolute Gasteiger partial charge is 0.219 e. The quantitative estimate of drug-likeness (QED) is 0.883. The normalized spacial score (nSPS) is 19.3. The zero-order valence-electron chi connectivity index (χ0n) is 10.8. The van der Waals surface area contributed by atoms with Gasteiger partial charge in [-0.15, -0.1) is 0 Å². The molecule has 2 rings (SSSR count). The van der Waals surface area contributed by atoms with Crippen molar-refractivity contribution in [2.75, 3.05) is 19.7 Å².